The molecule has 0 spiro atoms. The summed E-state index contributed by atoms with van der Waals surface area (Å²) in [7, 11) is 0. The first kappa shape index (κ1) is 16.1. The molecule has 0 heterocycles. The second kappa shape index (κ2) is 6.24. The van der Waals surface area contributed by atoms with Crippen molar-refractivity contribution >= 4 is 21.8 Å². The van der Waals surface area contributed by atoms with Crippen LogP contribution in [0.5, 0.6) is 0 Å². The molecule has 2 fully saturated rings. The summed E-state index contributed by atoms with van der Waals surface area (Å²) in [4.78, 5) is 12.0. The molecule has 0 aromatic carbocycles. The topological polar surface area (TPSA) is 29.1 Å². The molecule has 20 heavy (non-hydrogen) atoms. The van der Waals surface area contributed by atoms with Crippen LogP contribution in [0.2, 0.25) is 0 Å². The number of carbonyl (C=O) groups excluding carboxylic acids is 1. The van der Waals surface area contributed by atoms with E-state index in [1.807, 2.05) is 0 Å². The van der Waals surface area contributed by atoms with Crippen molar-refractivity contribution in [3.8, 4) is 0 Å². The van der Waals surface area contributed by atoms with Gasteiger partial charge in [-0.1, -0.05) is 15.9 Å². The predicted molar refractivity (Wildman–Crippen MR) is 74.6 cm³/mol. The molecule has 2 rings (SSSR count). The van der Waals surface area contributed by atoms with Crippen molar-refractivity contribution in [2.45, 2.75) is 51.1 Å². The normalized spacial score (nSPS) is 29.0. The molecule has 0 saturated heterocycles. The predicted octanol–water partition coefficient (Wildman–Crippen LogP) is 4.04. The van der Waals surface area contributed by atoms with E-state index >= 15 is 0 Å². The summed E-state index contributed by atoms with van der Waals surface area (Å²) in [6.45, 7) is 0.677. The van der Waals surface area contributed by atoms with Gasteiger partial charge in [-0.2, -0.15) is 13.2 Å². The highest BCUT2D eigenvalue weighted by atomic mass is 79.9. The van der Waals surface area contributed by atoms with Crippen molar-refractivity contribution in [1.82, 2.24) is 5.32 Å². The Bertz CT molecular complexity index is 347. The van der Waals surface area contributed by atoms with Crippen molar-refractivity contribution in [3.63, 3.8) is 0 Å². The van der Waals surface area contributed by atoms with Crippen LogP contribution >= 0.6 is 15.9 Å². The third-order valence-electron chi connectivity index (χ3n) is 4.78. The molecular weight excluding hydrogens is 335 g/mol. The summed E-state index contributed by atoms with van der Waals surface area (Å²) >= 11 is 3.41. The Morgan fingerprint density at radius 2 is 1.80 bits per heavy atom. The molecule has 1 N–H and O–H groups in total. The number of amides is 1. The summed E-state index contributed by atoms with van der Waals surface area (Å²) in [6, 6.07) is 0. The van der Waals surface area contributed by atoms with Gasteiger partial charge in [-0.15, -0.1) is 0 Å². The molecule has 2 aliphatic rings. The molecule has 0 atom stereocenters. The first-order chi connectivity index (χ1) is 9.36. The highest BCUT2D eigenvalue weighted by molar-refractivity contribution is 9.09. The first-order valence-electron chi connectivity index (χ1n) is 7.27. The van der Waals surface area contributed by atoms with Crippen LogP contribution in [0.4, 0.5) is 13.2 Å². The SMILES string of the molecule is O=C(NCC1(CCBr)CC1)C1CCC(C(F)(F)F)CC1. The van der Waals surface area contributed by atoms with Gasteiger partial charge in [-0.05, 0) is 50.4 Å². The van der Waals surface area contributed by atoms with E-state index in [1.165, 1.54) is 0 Å². The third-order valence-corrected chi connectivity index (χ3v) is 5.18. The van der Waals surface area contributed by atoms with Crippen LogP contribution < -0.4 is 5.32 Å². The average Bonchev–Trinajstić information content (AvgIpc) is 3.16. The molecule has 0 aliphatic heterocycles. The van der Waals surface area contributed by atoms with Crippen molar-refractivity contribution < 1.29 is 18.0 Å². The maximum absolute atomic E-state index is 12.6. The second-order valence-electron chi connectivity index (χ2n) is 6.25. The fraction of sp³-hybridized carbons (Fsp3) is 0.929. The maximum Gasteiger partial charge on any atom is 0.391 e. The van der Waals surface area contributed by atoms with Gasteiger partial charge in [0.15, 0.2) is 0 Å². The number of alkyl halides is 4. The Labute approximate surface area is 126 Å². The number of carbonyl (C=O) groups is 1. The molecular formula is C14H21BrF3NO. The summed E-state index contributed by atoms with van der Waals surface area (Å²) < 4.78 is 37.7. The van der Waals surface area contributed by atoms with Gasteiger partial charge in [0.05, 0.1) is 5.92 Å². The minimum absolute atomic E-state index is 0.0496. The number of nitrogens with one attached hydrogen (secondary N) is 1. The molecule has 2 nitrogen and oxygen atoms in total. The number of halogens is 4. The summed E-state index contributed by atoms with van der Waals surface area (Å²) in [5, 5.41) is 3.88. The van der Waals surface area contributed by atoms with Gasteiger partial charge in [-0.3, -0.25) is 4.79 Å². The van der Waals surface area contributed by atoms with E-state index in [2.05, 4.69) is 21.2 Å². The molecule has 0 bridgehead atoms. The van der Waals surface area contributed by atoms with Crippen LogP contribution in [-0.2, 0) is 4.79 Å². The molecule has 0 aromatic rings. The van der Waals surface area contributed by atoms with E-state index < -0.39 is 12.1 Å². The summed E-state index contributed by atoms with van der Waals surface area (Å²) in [5.41, 5.74) is 0.252. The second-order valence-corrected chi connectivity index (χ2v) is 7.04. The van der Waals surface area contributed by atoms with Crippen LogP contribution in [0.15, 0.2) is 0 Å². The fourth-order valence-corrected chi connectivity index (χ4v) is 3.84. The van der Waals surface area contributed by atoms with E-state index in [-0.39, 0.29) is 30.1 Å². The van der Waals surface area contributed by atoms with E-state index in [0.29, 0.717) is 19.4 Å². The average molecular weight is 356 g/mol. The lowest BCUT2D eigenvalue weighted by Crippen LogP contribution is -2.38. The van der Waals surface area contributed by atoms with Gasteiger partial charge in [0.2, 0.25) is 5.91 Å². The van der Waals surface area contributed by atoms with Crippen LogP contribution in [0, 0.1) is 17.3 Å². The molecule has 116 valence electrons. The summed E-state index contributed by atoms with van der Waals surface area (Å²) in [5.74, 6) is -1.49. The number of rotatable bonds is 5. The van der Waals surface area contributed by atoms with Gasteiger partial charge in [-0.25, -0.2) is 0 Å². The lowest BCUT2D eigenvalue weighted by atomic mass is 9.81. The van der Waals surface area contributed by atoms with Crippen LogP contribution in [0.1, 0.15) is 44.9 Å². The largest absolute Gasteiger partial charge is 0.391 e. The number of hydrogen-bond acceptors (Lipinski definition) is 1. The minimum Gasteiger partial charge on any atom is -0.355 e. The monoisotopic (exact) mass is 355 g/mol. The highest BCUT2D eigenvalue weighted by Gasteiger charge is 2.44. The zero-order valence-corrected chi connectivity index (χ0v) is 13.0. The number of hydrogen-bond donors (Lipinski definition) is 1. The van der Waals surface area contributed by atoms with Gasteiger partial charge >= 0.3 is 6.18 Å². The fourth-order valence-electron chi connectivity index (χ4n) is 2.99. The molecule has 2 saturated carbocycles. The first-order valence-corrected chi connectivity index (χ1v) is 8.39. The van der Waals surface area contributed by atoms with Gasteiger partial charge < -0.3 is 5.32 Å². The minimum atomic E-state index is -4.10. The Kier molecular flexibility index (Phi) is 5.03. The zero-order valence-electron chi connectivity index (χ0n) is 11.4. The standard InChI is InChI=1S/C14H21BrF3NO/c15-8-7-13(5-6-13)9-19-12(20)10-1-3-11(4-2-10)14(16,17)18/h10-11H,1-9H2,(H,19,20). The van der Waals surface area contributed by atoms with Crippen LogP contribution in [0.25, 0.3) is 0 Å². The Morgan fingerprint density at radius 3 is 2.25 bits per heavy atom. The van der Waals surface area contributed by atoms with Crippen molar-refractivity contribution in [2.75, 3.05) is 11.9 Å². The molecule has 0 unspecified atom stereocenters. The lowest BCUT2D eigenvalue weighted by Gasteiger charge is -2.29. The molecule has 6 heteroatoms. The van der Waals surface area contributed by atoms with E-state index in [4.69, 9.17) is 0 Å². The molecule has 1 amide bonds. The lowest BCUT2D eigenvalue weighted by molar-refractivity contribution is -0.184. The van der Waals surface area contributed by atoms with Gasteiger partial charge in [0.1, 0.15) is 0 Å². The summed E-state index contributed by atoms with van der Waals surface area (Å²) in [6.07, 6.45) is 0.133. The zero-order chi connectivity index (χ0) is 14.8. The highest BCUT2D eigenvalue weighted by Crippen LogP contribution is 2.48. The van der Waals surface area contributed by atoms with E-state index in [9.17, 15) is 18.0 Å². The van der Waals surface area contributed by atoms with E-state index in [1.54, 1.807) is 0 Å². The Morgan fingerprint density at radius 1 is 1.20 bits per heavy atom. The van der Waals surface area contributed by atoms with Crippen molar-refractivity contribution in [3.05, 3.63) is 0 Å². The molecule has 2 aliphatic carbocycles. The molecule has 0 radical (unpaired) electrons. The quantitative estimate of drug-likeness (QED) is 0.741. The van der Waals surface area contributed by atoms with Gasteiger partial charge in [0.25, 0.3) is 0 Å². The Hall–Kier alpha value is -0.260. The maximum atomic E-state index is 12.6. The van der Waals surface area contributed by atoms with E-state index in [0.717, 1.165) is 24.6 Å². The van der Waals surface area contributed by atoms with Crippen molar-refractivity contribution in [2.24, 2.45) is 17.3 Å². The Balaban J connectivity index is 1.72. The van der Waals surface area contributed by atoms with Crippen molar-refractivity contribution in [1.29, 1.82) is 0 Å². The third kappa shape index (κ3) is 4.12. The smallest absolute Gasteiger partial charge is 0.355 e. The van der Waals surface area contributed by atoms with Crippen LogP contribution in [0.3, 0.4) is 0 Å². The van der Waals surface area contributed by atoms with Gasteiger partial charge in [0, 0.05) is 17.8 Å². The van der Waals surface area contributed by atoms with Crippen LogP contribution in [-0.4, -0.2) is 24.0 Å². The molecule has 0 aromatic heterocycles.